The number of hydrogen-bond donors (Lipinski definition) is 0. The number of imide groups is 1. The lowest BCUT2D eigenvalue weighted by Gasteiger charge is -2.29. The minimum Gasteiger partial charge on any atom is -0.467 e. The van der Waals surface area contributed by atoms with Gasteiger partial charge in [-0.3, -0.25) is 14.5 Å². The van der Waals surface area contributed by atoms with Crippen molar-refractivity contribution in [1.29, 1.82) is 0 Å². The van der Waals surface area contributed by atoms with Crippen LogP contribution in [0.15, 0.2) is 12.2 Å². The second kappa shape index (κ2) is 4.97. The van der Waals surface area contributed by atoms with E-state index < -0.39 is 12.0 Å². The molecule has 0 N–H and O–H groups in total. The third kappa shape index (κ3) is 1.86. The fraction of sp³-hybridized carbons (Fsp3) is 0.688. The van der Waals surface area contributed by atoms with Gasteiger partial charge in [0.05, 0.1) is 18.9 Å². The summed E-state index contributed by atoms with van der Waals surface area (Å²) in [5.74, 6) is -1.16. The standard InChI is InChI=1S/C16H21NO4/c1-4-8(2)13(16(20)21-3)17-14(18)11-9-5-6-10(7-9)12(11)15(17)19/h5-6,8-13H,4,7H2,1-3H3/t8-,9-,10+,11+,12-,13-/m1/s1. The Labute approximate surface area is 124 Å². The van der Waals surface area contributed by atoms with Crippen LogP contribution in [-0.2, 0) is 19.1 Å². The average molecular weight is 291 g/mol. The maximum absolute atomic E-state index is 12.7. The Morgan fingerprint density at radius 2 is 1.81 bits per heavy atom. The summed E-state index contributed by atoms with van der Waals surface area (Å²) in [6, 6.07) is -0.787. The predicted octanol–water partition coefficient (Wildman–Crippen LogP) is 1.38. The van der Waals surface area contributed by atoms with E-state index in [0.717, 1.165) is 6.42 Å². The highest BCUT2D eigenvalue weighted by Crippen LogP contribution is 2.53. The summed E-state index contributed by atoms with van der Waals surface area (Å²) in [5.41, 5.74) is 0. The van der Waals surface area contributed by atoms with Gasteiger partial charge in [-0.15, -0.1) is 0 Å². The van der Waals surface area contributed by atoms with Crippen LogP contribution in [0.3, 0.4) is 0 Å². The molecular formula is C16H21NO4. The van der Waals surface area contributed by atoms with Crippen molar-refractivity contribution in [2.24, 2.45) is 29.6 Å². The van der Waals surface area contributed by atoms with Crippen LogP contribution in [0.5, 0.6) is 0 Å². The Morgan fingerprint density at radius 1 is 1.29 bits per heavy atom. The minimum atomic E-state index is -0.787. The van der Waals surface area contributed by atoms with Crippen molar-refractivity contribution in [3.05, 3.63) is 12.2 Å². The molecule has 0 radical (unpaired) electrons. The Hall–Kier alpha value is -1.65. The maximum atomic E-state index is 12.7. The first-order valence-corrected chi connectivity index (χ1v) is 7.64. The van der Waals surface area contributed by atoms with Gasteiger partial charge in [0, 0.05) is 0 Å². The lowest BCUT2D eigenvalue weighted by atomic mass is 9.85. The van der Waals surface area contributed by atoms with E-state index in [-0.39, 0.29) is 41.4 Å². The number of nitrogens with zero attached hydrogens (tertiary/aromatic N) is 1. The first-order chi connectivity index (χ1) is 10.0. The van der Waals surface area contributed by atoms with Crippen molar-refractivity contribution in [3.63, 3.8) is 0 Å². The molecule has 2 fully saturated rings. The number of esters is 1. The van der Waals surface area contributed by atoms with Gasteiger partial charge >= 0.3 is 5.97 Å². The number of methoxy groups -OCH3 is 1. The fourth-order valence-electron chi connectivity index (χ4n) is 4.14. The van der Waals surface area contributed by atoms with Crippen molar-refractivity contribution in [2.45, 2.75) is 32.7 Å². The zero-order chi connectivity index (χ0) is 15.3. The van der Waals surface area contributed by atoms with Crippen LogP contribution in [0.1, 0.15) is 26.7 Å². The second-order valence-electron chi connectivity index (χ2n) is 6.40. The molecule has 2 bridgehead atoms. The number of allylic oxidation sites excluding steroid dienone is 2. The number of carbonyl (C=O) groups is 3. The molecule has 0 spiro atoms. The highest BCUT2D eigenvalue weighted by atomic mass is 16.5. The van der Waals surface area contributed by atoms with Crippen LogP contribution in [0, 0.1) is 29.6 Å². The van der Waals surface area contributed by atoms with Crippen molar-refractivity contribution in [2.75, 3.05) is 7.11 Å². The fourth-order valence-corrected chi connectivity index (χ4v) is 4.14. The number of hydrogen-bond acceptors (Lipinski definition) is 4. The molecule has 1 saturated heterocycles. The SMILES string of the molecule is CC[C@@H](C)[C@H](C(=O)OC)N1C(=O)[C@@H]2[C@H](C1=O)[C@H]1C=C[C@@H]2C1. The first kappa shape index (κ1) is 14.3. The van der Waals surface area contributed by atoms with Crippen LogP contribution < -0.4 is 0 Å². The zero-order valence-corrected chi connectivity index (χ0v) is 12.6. The number of amides is 2. The Kier molecular flexibility index (Phi) is 3.38. The molecule has 3 rings (SSSR count). The second-order valence-corrected chi connectivity index (χ2v) is 6.40. The topological polar surface area (TPSA) is 63.7 Å². The van der Waals surface area contributed by atoms with Crippen molar-refractivity contribution < 1.29 is 19.1 Å². The van der Waals surface area contributed by atoms with Gasteiger partial charge < -0.3 is 4.74 Å². The van der Waals surface area contributed by atoms with Gasteiger partial charge in [0.1, 0.15) is 6.04 Å². The van der Waals surface area contributed by atoms with Gasteiger partial charge in [-0.1, -0.05) is 32.4 Å². The van der Waals surface area contributed by atoms with Crippen molar-refractivity contribution >= 4 is 17.8 Å². The van der Waals surface area contributed by atoms with Gasteiger partial charge in [0.15, 0.2) is 0 Å². The molecule has 1 saturated carbocycles. The van der Waals surface area contributed by atoms with Crippen molar-refractivity contribution in [3.8, 4) is 0 Å². The molecule has 2 aliphatic carbocycles. The summed E-state index contributed by atoms with van der Waals surface area (Å²) < 4.78 is 4.84. The summed E-state index contributed by atoms with van der Waals surface area (Å²) in [6.07, 6.45) is 5.71. The molecule has 0 aromatic heterocycles. The Bertz CT molecular complexity index is 496. The van der Waals surface area contributed by atoms with E-state index in [1.807, 2.05) is 13.8 Å². The summed E-state index contributed by atoms with van der Waals surface area (Å²) in [5, 5.41) is 0. The highest BCUT2D eigenvalue weighted by molar-refractivity contribution is 6.09. The molecule has 1 aliphatic heterocycles. The summed E-state index contributed by atoms with van der Waals surface area (Å²) in [7, 11) is 1.30. The predicted molar refractivity (Wildman–Crippen MR) is 74.8 cm³/mol. The minimum absolute atomic E-state index is 0.102. The van der Waals surface area contributed by atoms with E-state index in [9.17, 15) is 14.4 Å². The molecule has 0 unspecified atom stereocenters. The van der Waals surface area contributed by atoms with Crippen LogP contribution in [0.25, 0.3) is 0 Å². The molecule has 5 nitrogen and oxygen atoms in total. The first-order valence-electron chi connectivity index (χ1n) is 7.64. The van der Waals surface area contributed by atoms with E-state index in [4.69, 9.17) is 4.74 Å². The molecule has 0 aromatic carbocycles. The van der Waals surface area contributed by atoms with Crippen LogP contribution in [0.4, 0.5) is 0 Å². The molecule has 3 aliphatic rings. The zero-order valence-electron chi connectivity index (χ0n) is 12.6. The average Bonchev–Trinajstić information content (AvgIpc) is 3.15. The quantitative estimate of drug-likeness (QED) is 0.446. The lowest BCUT2D eigenvalue weighted by Crippen LogP contribution is -2.50. The molecule has 0 aromatic rings. The van der Waals surface area contributed by atoms with Crippen LogP contribution in [0.2, 0.25) is 0 Å². The number of fused-ring (bicyclic) bond motifs is 5. The maximum Gasteiger partial charge on any atom is 0.329 e. The van der Waals surface area contributed by atoms with Crippen molar-refractivity contribution in [1.82, 2.24) is 4.90 Å². The van der Waals surface area contributed by atoms with E-state index in [0.29, 0.717) is 6.42 Å². The largest absolute Gasteiger partial charge is 0.467 e. The van der Waals surface area contributed by atoms with E-state index >= 15 is 0 Å². The number of likely N-dealkylation sites (tertiary alicyclic amines) is 1. The summed E-state index contributed by atoms with van der Waals surface area (Å²) >= 11 is 0. The lowest BCUT2D eigenvalue weighted by molar-refractivity contribution is -0.159. The molecule has 114 valence electrons. The van der Waals surface area contributed by atoms with E-state index in [2.05, 4.69) is 12.2 Å². The van der Waals surface area contributed by atoms with Gasteiger partial charge in [0.2, 0.25) is 11.8 Å². The molecule has 2 amide bonds. The molecule has 1 heterocycles. The third-order valence-corrected chi connectivity index (χ3v) is 5.41. The Morgan fingerprint density at radius 3 is 2.24 bits per heavy atom. The number of carbonyl (C=O) groups excluding carboxylic acids is 3. The molecule has 21 heavy (non-hydrogen) atoms. The van der Waals surface area contributed by atoms with Crippen LogP contribution in [-0.4, -0.2) is 35.8 Å². The Balaban J connectivity index is 1.93. The normalized spacial score (nSPS) is 36.0. The number of rotatable bonds is 4. The summed E-state index contributed by atoms with van der Waals surface area (Å²) in [6.45, 7) is 3.82. The van der Waals surface area contributed by atoms with Gasteiger partial charge in [-0.2, -0.15) is 0 Å². The number of ether oxygens (including phenoxy) is 1. The molecule has 5 heteroatoms. The molecular weight excluding hydrogens is 270 g/mol. The monoisotopic (exact) mass is 291 g/mol. The van der Waals surface area contributed by atoms with Gasteiger partial charge in [-0.25, -0.2) is 4.79 Å². The van der Waals surface area contributed by atoms with E-state index in [1.165, 1.54) is 12.0 Å². The van der Waals surface area contributed by atoms with Gasteiger partial charge in [-0.05, 0) is 24.2 Å². The van der Waals surface area contributed by atoms with Gasteiger partial charge in [0.25, 0.3) is 0 Å². The highest BCUT2D eigenvalue weighted by Gasteiger charge is 2.61. The van der Waals surface area contributed by atoms with Crippen LogP contribution >= 0.6 is 0 Å². The molecule has 6 atom stereocenters. The smallest absolute Gasteiger partial charge is 0.329 e. The third-order valence-electron chi connectivity index (χ3n) is 5.41. The van der Waals surface area contributed by atoms with E-state index in [1.54, 1.807) is 0 Å². The summed E-state index contributed by atoms with van der Waals surface area (Å²) in [4.78, 5) is 38.8.